The average molecular weight is 210 g/mol. The third-order valence-corrected chi connectivity index (χ3v) is 2.73. The molecule has 0 amide bonds. The Balaban J connectivity index is 1.88. The summed E-state index contributed by atoms with van der Waals surface area (Å²) >= 11 is 0. The van der Waals surface area contributed by atoms with Gasteiger partial charge in [0.05, 0.1) is 11.8 Å². The molecule has 2 heterocycles. The highest BCUT2D eigenvalue weighted by atomic mass is 16.3. The molecule has 2 atom stereocenters. The molecule has 4 heteroatoms. The van der Waals surface area contributed by atoms with Crippen LogP contribution in [0.4, 0.5) is 0 Å². The van der Waals surface area contributed by atoms with Crippen LogP contribution in [-0.2, 0) is 12.8 Å². The van der Waals surface area contributed by atoms with E-state index in [1.165, 1.54) is 6.42 Å². The van der Waals surface area contributed by atoms with Crippen molar-refractivity contribution in [3.05, 3.63) is 17.8 Å². The van der Waals surface area contributed by atoms with Gasteiger partial charge in [-0.15, -0.1) is 0 Å². The van der Waals surface area contributed by atoms with E-state index in [1.807, 2.05) is 0 Å². The van der Waals surface area contributed by atoms with Crippen LogP contribution in [0.1, 0.15) is 24.9 Å². The van der Waals surface area contributed by atoms with Crippen molar-refractivity contribution in [2.75, 3.05) is 13.1 Å². The molecule has 1 aromatic heterocycles. The fourth-order valence-electron chi connectivity index (χ4n) is 1.97. The lowest BCUT2D eigenvalue weighted by Crippen LogP contribution is -2.11. The lowest BCUT2D eigenvalue weighted by molar-refractivity contribution is 0.194. The molecule has 1 aromatic rings. The summed E-state index contributed by atoms with van der Waals surface area (Å²) in [6.45, 7) is 3.93. The maximum Gasteiger partial charge on any atom is 0.194 e. The van der Waals surface area contributed by atoms with Crippen LogP contribution in [-0.4, -0.2) is 29.3 Å². The molecule has 15 heavy (non-hydrogen) atoms. The Bertz CT molecular complexity index is 303. The number of aliphatic hydroxyl groups excluding tert-OH is 1. The number of aromatic nitrogens is 1. The van der Waals surface area contributed by atoms with Crippen LogP contribution >= 0.6 is 0 Å². The van der Waals surface area contributed by atoms with Gasteiger partial charge in [0.1, 0.15) is 6.26 Å². The SMILES string of the molecule is CC(O)Cc1coc(CC2CCNC2)n1. The highest BCUT2D eigenvalue weighted by molar-refractivity contribution is 4.99. The summed E-state index contributed by atoms with van der Waals surface area (Å²) in [5, 5.41) is 12.5. The van der Waals surface area contributed by atoms with Gasteiger partial charge in [-0.05, 0) is 32.4 Å². The Labute approximate surface area is 89.7 Å². The van der Waals surface area contributed by atoms with E-state index in [1.54, 1.807) is 13.2 Å². The zero-order valence-corrected chi connectivity index (χ0v) is 9.07. The predicted octanol–water partition coefficient (Wildman–Crippen LogP) is 0.750. The molecule has 0 radical (unpaired) electrons. The average Bonchev–Trinajstić information content (AvgIpc) is 2.77. The van der Waals surface area contributed by atoms with E-state index >= 15 is 0 Å². The van der Waals surface area contributed by atoms with Crippen molar-refractivity contribution in [2.45, 2.75) is 32.3 Å². The standard InChI is InChI=1S/C11H18N2O2/c1-8(14)4-10-7-15-11(13-10)5-9-2-3-12-6-9/h7-9,12,14H,2-6H2,1H3. The molecule has 1 saturated heterocycles. The molecule has 0 aliphatic carbocycles. The molecular weight excluding hydrogens is 192 g/mol. The van der Waals surface area contributed by atoms with Gasteiger partial charge in [-0.1, -0.05) is 0 Å². The zero-order valence-electron chi connectivity index (χ0n) is 9.07. The Morgan fingerprint density at radius 2 is 2.60 bits per heavy atom. The van der Waals surface area contributed by atoms with Gasteiger partial charge in [0, 0.05) is 12.8 Å². The van der Waals surface area contributed by atoms with Crippen LogP contribution in [0.15, 0.2) is 10.7 Å². The van der Waals surface area contributed by atoms with Gasteiger partial charge in [-0.3, -0.25) is 0 Å². The van der Waals surface area contributed by atoms with Gasteiger partial charge < -0.3 is 14.8 Å². The van der Waals surface area contributed by atoms with Crippen molar-refractivity contribution < 1.29 is 9.52 Å². The van der Waals surface area contributed by atoms with Crippen molar-refractivity contribution in [3.8, 4) is 0 Å². The Morgan fingerprint density at radius 1 is 1.73 bits per heavy atom. The molecular formula is C11H18N2O2. The minimum atomic E-state index is -0.351. The summed E-state index contributed by atoms with van der Waals surface area (Å²) in [6, 6.07) is 0. The van der Waals surface area contributed by atoms with Crippen molar-refractivity contribution in [2.24, 2.45) is 5.92 Å². The van der Waals surface area contributed by atoms with Crippen LogP contribution in [0.25, 0.3) is 0 Å². The van der Waals surface area contributed by atoms with E-state index in [-0.39, 0.29) is 6.10 Å². The zero-order chi connectivity index (χ0) is 10.7. The number of oxazole rings is 1. The van der Waals surface area contributed by atoms with Gasteiger partial charge in [0.2, 0.25) is 0 Å². The highest BCUT2D eigenvalue weighted by Gasteiger charge is 2.17. The molecule has 2 N–H and O–H groups in total. The summed E-state index contributed by atoms with van der Waals surface area (Å²) in [4.78, 5) is 4.36. The van der Waals surface area contributed by atoms with Gasteiger partial charge >= 0.3 is 0 Å². The normalized spacial score (nSPS) is 23.2. The number of aliphatic hydroxyl groups is 1. The first-order valence-electron chi connectivity index (χ1n) is 5.56. The summed E-state index contributed by atoms with van der Waals surface area (Å²) in [7, 11) is 0. The minimum absolute atomic E-state index is 0.351. The smallest absolute Gasteiger partial charge is 0.194 e. The van der Waals surface area contributed by atoms with Crippen molar-refractivity contribution in [1.82, 2.24) is 10.3 Å². The Kier molecular flexibility index (Phi) is 3.38. The van der Waals surface area contributed by atoms with Gasteiger partial charge in [-0.25, -0.2) is 4.98 Å². The van der Waals surface area contributed by atoms with Crippen molar-refractivity contribution in [1.29, 1.82) is 0 Å². The lowest BCUT2D eigenvalue weighted by atomic mass is 10.1. The maximum atomic E-state index is 9.21. The van der Waals surface area contributed by atoms with Crippen molar-refractivity contribution >= 4 is 0 Å². The number of hydrogen-bond donors (Lipinski definition) is 2. The van der Waals surface area contributed by atoms with Crippen LogP contribution in [0.2, 0.25) is 0 Å². The molecule has 0 saturated carbocycles. The fraction of sp³-hybridized carbons (Fsp3) is 0.727. The maximum absolute atomic E-state index is 9.21. The minimum Gasteiger partial charge on any atom is -0.449 e. The summed E-state index contributed by atoms with van der Waals surface area (Å²) in [5.74, 6) is 1.46. The first kappa shape index (κ1) is 10.6. The molecule has 2 unspecified atom stereocenters. The van der Waals surface area contributed by atoms with Crippen LogP contribution in [0, 0.1) is 5.92 Å². The molecule has 84 valence electrons. The van der Waals surface area contributed by atoms with Crippen LogP contribution in [0.5, 0.6) is 0 Å². The summed E-state index contributed by atoms with van der Waals surface area (Å²) in [6.07, 6.45) is 3.99. The Morgan fingerprint density at radius 3 is 3.27 bits per heavy atom. The second kappa shape index (κ2) is 4.77. The predicted molar refractivity (Wildman–Crippen MR) is 56.6 cm³/mol. The monoisotopic (exact) mass is 210 g/mol. The molecule has 0 bridgehead atoms. The third kappa shape index (κ3) is 3.04. The number of nitrogens with zero attached hydrogens (tertiary/aromatic N) is 1. The molecule has 2 rings (SSSR count). The van der Waals surface area contributed by atoms with Crippen LogP contribution in [0.3, 0.4) is 0 Å². The quantitative estimate of drug-likeness (QED) is 0.770. The van der Waals surface area contributed by atoms with Gasteiger partial charge in [0.15, 0.2) is 5.89 Å². The molecule has 1 aliphatic rings. The first-order chi connectivity index (χ1) is 7.24. The lowest BCUT2D eigenvalue weighted by Gasteiger charge is -2.03. The van der Waals surface area contributed by atoms with Gasteiger partial charge in [0.25, 0.3) is 0 Å². The molecule has 0 spiro atoms. The van der Waals surface area contributed by atoms with E-state index in [2.05, 4.69) is 10.3 Å². The van der Waals surface area contributed by atoms with E-state index in [0.717, 1.165) is 31.1 Å². The Hall–Kier alpha value is -0.870. The topological polar surface area (TPSA) is 58.3 Å². The second-order valence-corrected chi connectivity index (χ2v) is 4.35. The summed E-state index contributed by atoms with van der Waals surface area (Å²) in [5.41, 5.74) is 0.853. The van der Waals surface area contributed by atoms with Gasteiger partial charge in [-0.2, -0.15) is 0 Å². The van der Waals surface area contributed by atoms with E-state index < -0.39 is 0 Å². The third-order valence-electron chi connectivity index (χ3n) is 2.73. The fourth-order valence-corrected chi connectivity index (χ4v) is 1.97. The summed E-state index contributed by atoms with van der Waals surface area (Å²) < 4.78 is 5.38. The number of nitrogens with one attached hydrogen (secondary N) is 1. The molecule has 1 fully saturated rings. The largest absolute Gasteiger partial charge is 0.449 e. The second-order valence-electron chi connectivity index (χ2n) is 4.35. The van der Waals surface area contributed by atoms with Crippen molar-refractivity contribution in [3.63, 3.8) is 0 Å². The number of hydrogen-bond acceptors (Lipinski definition) is 4. The molecule has 0 aromatic carbocycles. The van der Waals surface area contributed by atoms with E-state index in [0.29, 0.717) is 12.3 Å². The van der Waals surface area contributed by atoms with Crippen LogP contribution < -0.4 is 5.32 Å². The highest BCUT2D eigenvalue weighted by Crippen LogP contribution is 2.15. The number of rotatable bonds is 4. The van der Waals surface area contributed by atoms with E-state index in [9.17, 15) is 5.11 Å². The van der Waals surface area contributed by atoms with E-state index in [4.69, 9.17) is 4.42 Å². The first-order valence-corrected chi connectivity index (χ1v) is 5.56. The molecule has 1 aliphatic heterocycles. The molecule has 4 nitrogen and oxygen atoms in total.